The summed E-state index contributed by atoms with van der Waals surface area (Å²) in [5, 5.41) is 16.0. The quantitative estimate of drug-likeness (QED) is 0.745. The zero-order valence-electron chi connectivity index (χ0n) is 12.1. The van der Waals surface area contributed by atoms with Gasteiger partial charge >= 0.3 is 0 Å². The summed E-state index contributed by atoms with van der Waals surface area (Å²) >= 11 is 0. The molecule has 0 bridgehead atoms. The van der Waals surface area contributed by atoms with Gasteiger partial charge in [0, 0.05) is 12.2 Å². The van der Waals surface area contributed by atoms with Crippen LogP contribution in [0.5, 0.6) is 0 Å². The fourth-order valence-electron chi connectivity index (χ4n) is 2.51. The van der Waals surface area contributed by atoms with Gasteiger partial charge in [0.1, 0.15) is 0 Å². The Morgan fingerprint density at radius 1 is 0.905 bits per heavy atom. The van der Waals surface area contributed by atoms with E-state index in [1.807, 2.05) is 36.4 Å². The van der Waals surface area contributed by atoms with Crippen molar-refractivity contribution in [3.63, 3.8) is 0 Å². The van der Waals surface area contributed by atoms with Crippen molar-refractivity contribution in [1.82, 2.24) is 0 Å². The van der Waals surface area contributed by atoms with Crippen LogP contribution >= 0.6 is 0 Å². The molecule has 0 fully saturated rings. The van der Waals surface area contributed by atoms with Crippen LogP contribution in [0.3, 0.4) is 0 Å². The molecular formula is C19H19NO. The van der Waals surface area contributed by atoms with E-state index >= 15 is 0 Å². The smallest absolute Gasteiger partial charge is 0.0962 e. The Morgan fingerprint density at radius 3 is 2.43 bits per heavy atom. The van der Waals surface area contributed by atoms with Gasteiger partial charge in [-0.05, 0) is 41.0 Å². The lowest BCUT2D eigenvalue weighted by Gasteiger charge is -2.15. The van der Waals surface area contributed by atoms with Crippen LogP contribution in [-0.4, -0.2) is 11.7 Å². The number of fused-ring (bicyclic) bond motifs is 1. The van der Waals surface area contributed by atoms with E-state index in [1.165, 1.54) is 10.9 Å². The number of aliphatic hydroxyl groups excluding tert-OH is 1. The highest BCUT2D eigenvalue weighted by atomic mass is 16.3. The van der Waals surface area contributed by atoms with E-state index in [0.717, 1.165) is 16.6 Å². The molecule has 0 aliphatic rings. The first kappa shape index (κ1) is 13.7. The number of hydrogen-bond donors (Lipinski definition) is 2. The molecule has 2 nitrogen and oxygen atoms in total. The molecule has 1 atom stereocenters. The van der Waals surface area contributed by atoms with Gasteiger partial charge in [-0.15, -0.1) is 0 Å². The number of nitrogens with one attached hydrogen (secondary N) is 1. The molecule has 0 saturated heterocycles. The van der Waals surface area contributed by atoms with Gasteiger partial charge in [0.15, 0.2) is 0 Å². The summed E-state index contributed by atoms with van der Waals surface area (Å²) in [6.45, 7) is 2.56. The molecule has 1 unspecified atom stereocenters. The lowest BCUT2D eigenvalue weighted by atomic mass is 10.0. The number of aryl methyl sites for hydroxylation is 1. The van der Waals surface area contributed by atoms with Crippen molar-refractivity contribution in [1.29, 1.82) is 0 Å². The number of para-hydroxylation sites is 1. The molecule has 21 heavy (non-hydrogen) atoms. The standard InChI is InChI=1S/C19H19NO/c1-14-6-2-5-9-18(14)20-13-19(21)17-11-10-15-7-3-4-8-16(15)12-17/h2-12,19-21H,13H2,1H3. The lowest BCUT2D eigenvalue weighted by Crippen LogP contribution is -2.12. The van der Waals surface area contributed by atoms with Crippen LogP contribution in [0.2, 0.25) is 0 Å². The molecule has 2 N–H and O–H groups in total. The second-order valence-electron chi connectivity index (χ2n) is 5.32. The van der Waals surface area contributed by atoms with Crippen LogP contribution in [-0.2, 0) is 0 Å². The van der Waals surface area contributed by atoms with Crippen molar-refractivity contribution in [2.24, 2.45) is 0 Å². The largest absolute Gasteiger partial charge is 0.387 e. The van der Waals surface area contributed by atoms with Crippen molar-refractivity contribution in [3.05, 3.63) is 77.9 Å². The third-order valence-electron chi connectivity index (χ3n) is 3.79. The Labute approximate surface area is 125 Å². The molecular weight excluding hydrogens is 258 g/mol. The van der Waals surface area contributed by atoms with E-state index < -0.39 is 6.10 Å². The molecule has 0 aliphatic carbocycles. The maximum atomic E-state index is 10.4. The average molecular weight is 277 g/mol. The topological polar surface area (TPSA) is 32.3 Å². The third-order valence-corrected chi connectivity index (χ3v) is 3.79. The van der Waals surface area contributed by atoms with Gasteiger partial charge in [0.25, 0.3) is 0 Å². The van der Waals surface area contributed by atoms with Crippen LogP contribution < -0.4 is 5.32 Å². The highest BCUT2D eigenvalue weighted by molar-refractivity contribution is 5.83. The van der Waals surface area contributed by atoms with Crippen LogP contribution in [0.15, 0.2) is 66.7 Å². The van der Waals surface area contributed by atoms with Crippen LogP contribution in [0.25, 0.3) is 10.8 Å². The second kappa shape index (κ2) is 5.98. The molecule has 106 valence electrons. The van der Waals surface area contributed by atoms with Crippen molar-refractivity contribution in [3.8, 4) is 0 Å². The molecule has 0 saturated carbocycles. The minimum Gasteiger partial charge on any atom is -0.387 e. The summed E-state index contributed by atoms with van der Waals surface area (Å²) in [4.78, 5) is 0. The Hall–Kier alpha value is -2.32. The molecule has 3 aromatic rings. The summed E-state index contributed by atoms with van der Waals surface area (Å²) in [5.41, 5.74) is 3.19. The van der Waals surface area contributed by atoms with Crippen molar-refractivity contribution in [2.45, 2.75) is 13.0 Å². The van der Waals surface area contributed by atoms with E-state index in [2.05, 4.69) is 42.6 Å². The SMILES string of the molecule is Cc1ccccc1NCC(O)c1ccc2ccccc2c1. The minimum atomic E-state index is -0.519. The Kier molecular flexibility index (Phi) is 3.89. The first-order valence-electron chi connectivity index (χ1n) is 7.20. The summed E-state index contributed by atoms with van der Waals surface area (Å²) in [6.07, 6.45) is -0.519. The molecule has 0 spiro atoms. The third kappa shape index (κ3) is 3.06. The highest BCUT2D eigenvalue weighted by Gasteiger charge is 2.08. The summed E-state index contributed by atoms with van der Waals surface area (Å²) in [5.74, 6) is 0. The molecule has 0 radical (unpaired) electrons. The van der Waals surface area contributed by atoms with E-state index in [9.17, 15) is 5.11 Å². The molecule has 2 heteroatoms. The Morgan fingerprint density at radius 2 is 1.62 bits per heavy atom. The van der Waals surface area contributed by atoms with Crippen molar-refractivity contribution < 1.29 is 5.11 Å². The lowest BCUT2D eigenvalue weighted by molar-refractivity contribution is 0.192. The molecule has 0 amide bonds. The van der Waals surface area contributed by atoms with Crippen LogP contribution in [0.4, 0.5) is 5.69 Å². The van der Waals surface area contributed by atoms with Gasteiger partial charge in [-0.3, -0.25) is 0 Å². The average Bonchev–Trinajstić information content (AvgIpc) is 2.53. The maximum absolute atomic E-state index is 10.4. The minimum absolute atomic E-state index is 0.503. The van der Waals surface area contributed by atoms with Crippen LogP contribution in [0.1, 0.15) is 17.2 Å². The molecule has 0 aromatic heterocycles. The molecule has 3 rings (SSSR count). The van der Waals surface area contributed by atoms with Crippen LogP contribution in [0, 0.1) is 6.92 Å². The fraction of sp³-hybridized carbons (Fsp3) is 0.158. The summed E-state index contributed by atoms with van der Waals surface area (Å²) < 4.78 is 0. The second-order valence-corrected chi connectivity index (χ2v) is 5.32. The first-order chi connectivity index (χ1) is 10.2. The Balaban J connectivity index is 1.75. The van der Waals surface area contributed by atoms with Gasteiger partial charge in [-0.25, -0.2) is 0 Å². The predicted octanol–water partition coefficient (Wildman–Crippen LogP) is 4.29. The molecule has 0 aliphatic heterocycles. The van der Waals surface area contributed by atoms with Gasteiger partial charge in [-0.2, -0.15) is 0 Å². The van der Waals surface area contributed by atoms with Gasteiger partial charge in [0.2, 0.25) is 0 Å². The number of aliphatic hydroxyl groups is 1. The molecule has 0 heterocycles. The van der Waals surface area contributed by atoms with Gasteiger partial charge < -0.3 is 10.4 Å². The number of rotatable bonds is 4. The number of anilines is 1. The zero-order valence-corrected chi connectivity index (χ0v) is 12.1. The monoisotopic (exact) mass is 277 g/mol. The summed E-state index contributed by atoms with van der Waals surface area (Å²) in [6, 6.07) is 22.4. The number of benzene rings is 3. The van der Waals surface area contributed by atoms with Gasteiger partial charge in [0.05, 0.1) is 6.10 Å². The number of hydrogen-bond acceptors (Lipinski definition) is 2. The normalized spacial score (nSPS) is 12.3. The first-order valence-corrected chi connectivity index (χ1v) is 7.20. The predicted molar refractivity (Wildman–Crippen MR) is 88.6 cm³/mol. The highest BCUT2D eigenvalue weighted by Crippen LogP contribution is 2.21. The van der Waals surface area contributed by atoms with E-state index in [4.69, 9.17) is 0 Å². The Bertz CT molecular complexity index is 751. The summed E-state index contributed by atoms with van der Waals surface area (Å²) in [7, 11) is 0. The van der Waals surface area contributed by atoms with E-state index in [0.29, 0.717) is 6.54 Å². The fourth-order valence-corrected chi connectivity index (χ4v) is 2.51. The molecule has 3 aromatic carbocycles. The van der Waals surface area contributed by atoms with E-state index in [-0.39, 0.29) is 0 Å². The van der Waals surface area contributed by atoms with Gasteiger partial charge in [-0.1, -0.05) is 54.6 Å². The van der Waals surface area contributed by atoms with Crippen molar-refractivity contribution >= 4 is 16.5 Å². The maximum Gasteiger partial charge on any atom is 0.0962 e. The van der Waals surface area contributed by atoms with E-state index in [1.54, 1.807) is 0 Å². The van der Waals surface area contributed by atoms with Crippen molar-refractivity contribution in [2.75, 3.05) is 11.9 Å². The zero-order chi connectivity index (χ0) is 14.7.